The van der Waals surface area contributed by atoms with Gasteiger partial charge >= 0.3 is 5.97 Å². The van der Waals surface area contributed by atoms with Crippen LogP contribution in [-0.4, -0.2) is 34.2 Å². The fraction of sp³-hybridized carbons (Fsp3) is 0.400. The minimum atomic E-state index is -0.474. The molecule has 1 amide bonds. The molecule has 0 radical (unpaired) electrons. The molecule has 2 rings (SSSR count). The van der Waals surface area contributed by atoms with Gasteiger partial charge in [-0.05, 0) is 44.4 Å². The second-order valence-corrected chi connectivity index (χ2v) is 7.21. The average Bonchev–Trinajstić information content (AvgIpc) is 2.64. The number of benzene rings is 1. The maximum absolute atomic E-state index is 12.0. The average molecular weight is 388 g/mol. The van der Waals surface area contributed by atoms with Gasteiger partial charge in [0.05, 0.1) is 11.8 Å². The van der Waals surface area contributed by atoms with Crippen molar-refractivity contribution >= 4 is 23.6 Å². The highest BCUT2D eigenvalue weighted by Crippen LogP contribution is 2.15. The van der Waals surface area contributed by atoms with Crippen molar-refractivity contribution in [1.29, 1.82) is 0 Å². The second kappa shape index (κ2) is 10.1. The molecular formula is C20H25N3O3S. The van der Waals surface area contributed by atoms with Gasteiger partial charge in [-0.3, -0.25) is 9.59 Å². The van der Waals surface area contributed by atoms with Crippen molar-refractivity contribution in [2.24, 2.45) is 0 Å². The maximum atomic E-state index is 12.0. The number of thioether (sulfide) groups is 1. The van der Waals surface area contributed by atoms with Gasteiger partial charge in [-0.2, -0.15) is 0 Å². The monoisotopic (exact) mass is 387 g/mol. The summed E-state index contributed by atoms with van der Waals surface area (Å²) in [6, 6.07) is 9.80. The highest BCUT2D eigenvalue weighted by Gasteiger charge is 2.13. The van der Waals surface area contributed by atoms with Crippen LogP contribution in [0.25, 0.3) is 0 Å². The SMILES string of the molecule is CCc1ccc([C@H](C)NC(=O)COC(=O)CSc2nc(C)cc(C)n2)cc1. The van der Waals surface area contributed by atoms with Gasteiger partial charge < -0.3 is 10.1 Å². The number of carbonyl (C=O) groups excluding carboxylic acids is 2. The summed E-state index contributed by atoms with van der Waals surface area (Å²) in [6.07, 6.45) is 0.974. The standard InChI is InChI=1S/C20H25N3O3S/c1-5-16-6-8-17(9-7-16)15(4)23-18(24)11-26-19(25)12-27-20-21-13(2)10-14(3)22-20/h6-10,15H,5,11-12H2,1-4H3,(H,23,24)/t15-/m0/s1. The van der Waals surface area contributed by atoms with E-state index in [1.807, 2.05) is 51.1 Å². The Bertz CT molecular complexity index is 773. The topological polar surface area (TPSA) is 81.2 Å². The predicted octanol–water partition coefficient (Wildman–Crippen LogP) is 3.17. The molecule has 0 saturated heterocycles. The highest BCUT2D eigenvalue weighted by atomic mass is 32.2. The molecule has 1 atom stereocenters. The van der Waals surface area contributed by atoms with Crippen molar-refractivity contribution in [2.45, 2.75) is 45.3 Å². The number of aryl methyl sites for hydroxylation is 3. The lowest BCUT2D eigenvalue weighted by Crippen LogP contribution is -2.31. The van der Waals surface area contributed by atoms with Gasteiger partial charge in [0.2, 0.25) is 0 Å². The van der Waals surface area contributed by atoms with Gasteiger partial charge in [0.15, 0.2) is 11.8 Å². The summed E-state index contributed by atoms with van der Waals surface area (Å²) in [4.78, 5) is 32.3. The van der Waals surface area contributed by atoms with Gasteiger partial charge in [-0.1, -0.05) is 43.0 Å². The number of carbonyl (C=O) groups is 2. The second-order valence-electron chi connectivity index (χ2n) is 6.27. The minimum absolute atomic E-state index is 0.0597. The van der Waals surface area contributed by atoms with Crippen LogP contribution < -0.4 is 5.32 Å². The summed E-state index contributed by atoms with van der Waals surface area (Å²) in [5, 5.41) is 3.36. The number of hydrogen-bond donors (Lipinski definition) is 1. The lowest BCUT2D eigenvalue weighted by molar-refractivity contribution is -0.146. The number of ether oxygens (including phenoxy) is 1. The van der Waals surface area contributed by atoms with Crippen LogP contribution in [0.1, 0.15) is 42.4 Å². The number of nitrogens with zero attached hydrogens (tertiary/aromatic N) is 2. The number of esters is 1. The number of hydrogen-bond acceptors (Lipinski definition) is 6. The lowest BCUT2D eigenvalue weighted by atomic mass is 10.1. The largest absolute Gasteiger partial charge is 0.455 e. The number of aromatic nitrogens is 2. The minimum Gasteiger partial charge on any atom is -0.455 e. The zero-order chi connectivity index (χ0) is 19.8. The van der Waals surface area contributed by atoms with Gasteiger partial charge in [0, 0.05) is 11.4 Å². The van der Waals surface area contributed by atoms with Crippen molar-refractivity contribution in [1.82, 2.24) is 15.3 Å². The van der Waals surface area contributed by atoms with E-state index in [-0.39, 0.29) is 24.3 Å². The van der Waals surface area contributed by atoms with E-state index in [0.717, 1.165) is 23.4 Å². The first kappa shape index (κ1) is 20.9. The Balaban J connectivity index is 1.74. The highest BCUT2D eigenvalue weighted by molar-refractivity contribution is 7.99. The molecule has 0 aliphatic heterocycles. The molecule has 1 heterocycles. The number of rotatable bonds is 8. The van der Waals surface area contributed by atoms with Gasteiger partial charge in [-0.25, -0.2) is 9.97 Å². The van der Waals surface area contributed by atoms with Crippen molar-refractivity contribution in [3.63, 3.8) is 0 Å². The van der Waals surface area contributed by atoms with Crippen molar-refractivity contribution < 1.29 is 14.3 Å². The van der Waals surface area contributed by atoms with Crippen LogP contribution in [0, 0.1) is 13.8 Å². The van der Waals surface area contributed by atoms with E-state index in [4.69, 9.17) is 4.74 Å². The summed E-state index contributed by atoms with van der Waals surface area (Å²) < 4.78 is 5.03. The Morgan fingerprint density at radius 3 is 2.37 bits per heavy atom. The molecule has 0 fully saturated rings. The normalized spacial score (nSPS) is 11.7. The predicted molar refractivity (Wildman–Crippen MR) is 106 cm³/mol. The van der Waals surface area contributed by atoms with Gasteiger partial charge in [0.1, 0.15) is 0 Å². The van der Waals surface area contributed by atoms with E-state index in [9.17, 15) is 9.59 Å². The first-order chi connectivity index (χ1) is 12.9. The Labute approximate surface area is 164 Å². The van der Waals surface area contributed by atoms with E-state index < -0.39 is 5.97 Å². The third-order valence-corrected chi connectivity index (χ3v) is 4.73. The Morgan fingerprint density at radius 1 is 1.15 bits per heavy atom. The van der Waals surface area contributed by atoms with E-state index in [2.05, 4.69) is 22.2 Å². The smallest absolute Gasteiger partial charge is 0.316 e. The molecule has 6 nitrogen and oxygen atoms in total. The fourth-order valence-corrected chi connectivity index (χ4v) is 3.23. The summed E-state index contributed by atoms with van der Waals surface area (Å²) in [5.74, 6) is -0.745. The van der Waals surface area contributed by atoms with E-state index in [1.54, 1.807) is 0 Å². The molecule has 0 spiro atoms. The molecule has 0 saturated carbocycles. The molecule has 0 aliphatic rings. The summed E-state index contributed by atoms with van der Waals surface area (Å²) in [7, 11) is 0. The quantitative estimate of drug-likeness (QED) is 0.426. The van der Waals surface area contributed by atoms with Crippen LogP contribution in [0.2, 0.25) is 0 Å². The molecular weight excluding hydrogens is 362 g/mol. The van der Waals surface area contributed by atoms with Gasteiger partial charge in [-0.15, -0.1) is 0 Å². The molecule has 1 aromatic heterocycles. The first-order valence-corrected chi connectivity index (χ1v) is 9.85. The third-order valence-electron chi connectivity index (χ3n) is 3.91. The molecule has 7 heteroatoms. The number of amides is 1. The van der Waals surface area contributed by atoms with E-state index >= 15 is 0 Å². The Kier molecular flexibility index (Phi) is 7.79. The molecule has 0 aliphatic carbocycles. The molecule has 1 aromatic carbocycles. The van der Waals surface area contributed by atoms with Crippen LogP contribution in [0.15, 0.2) is 35.5 Å². The maximum Gasteiger partial charge on any atom is 0.316 e. The molecule has 27 heavy (non-hydrogen) atoms. The van der Waals surface area contributed by atoms with E-state index in [0.29, 0.717) is 5.16 Å². The van der Waals surface area contributed by atoms with Crippen LogP contribution in [0.5, 0.6) is 0 Å². The Hall–Kier alpha value is -2.41. The zero-order valence-corrected chi connectivity index (χ0v) is 16.9. The zero-order valence-electron chi connectivity index (χ0n) is 16.1. The van der Waals surface area contributed by atoms with Crippen molar-refractivity contribution in [3.05, 3.63) is 52.8 Å². The van der Waals surface area contributed by atoms with Gasteiger partial charge in [0.25, 0.3) is 5.91 Å². The molecule has 144 valence electrons. The van der Waals surface area contributed by atoms with E-state index in [1.165, 1.54) is 17.3 Å². The fourth-order valence-electron chi connectivity index (χ4n) is 2.48. The summed E-state index contributed by atoms with van der Waals surface area (Å²) in [6.45, 7) is 7.44. The number of nitrogens with one attached hydrogen (secondary N) is 1. The molecule has 2 aromatic rings. The lowest BCUT2D eigenvalue weighted by Gasteiger charge is -2.15. The first-order valence-electron chi connectivity index (χ1n) is 8.86. The van der Waals surface area contributed by atoms with Crippen LogP contribution in [0.4, 0.5) is 0 Å². The van der Waals surface area contributed by atoms with Crippen molar-refractivity contribution in [2.75, 3.05) is 12.4 Å². The molecule has 0 bridgehead atoms. The summed E-state index contributed by atoms with van der Waals surface area (Å²) in [5.41, 5.74) is 3.95. The van der Waals surface area contributed by atoms with Crippen LogP contribution in [-0.2, 0) is 20.7 Å². The molecule has 0 unspecified atom stereocenters. The Morgan fingerprint density at radius 2 is 1.78 bits per heavy atom. The van der Waals surface area contributed by atoms with Crippen LogP contribution >= 0.6 is 11.8 Å². The van der Waals surface area contributed by atoms with Crippen LogP contribution in [0.3, 0.4) is 0 Å². The third kappa shape index (κ3) is 7.02. The molecule has 1 N–H and O–H groups in total. The van der Waals surface area contributed by atoms with Crippen molar-refractivity contribution in [3.8, 4) is 0 Å². The summed E-state index contributed by atoms with van der Waals surface area (Å²) >= 11 is 1.19.